The molecule has 0 N–H and O–H groups in total. The van der Waals surface area contributed by atoms with Crippen molar-refractivity contribution in [2.75, 3.05) is 0 Å². The summed E-state index contributed by atoms with van der Waals surface area (Å²) in [6, 6.07) is 6.39. The van der Waals surface area contributed by atoms with Gasteiger partial charge in [0.15, 0.2) is 0 Å². The third-order valence-corrected chi connectivity index (χ3v) is 4.81. The van der Waals surface area contributed by atoms with Crippen LogP contribution in [0.2, 0.25) is 0 Å². The van der Waals surface area contributed by atoms with E-state index in [0.29, 0.717) is 9.13 Å². The Morgan fingerprint density at radius 2 is 1.85 bits per heavy atom. The number of esters is 1. The summed E-state index contributed by atoms with van der Waals surface area (Å²) >= 11 is 1.96. The van der Waals surface area contributed by atoms with Crippen LogP contribution in [0.5, 0.6) is 11.5 Å². The molecule has 0 unspecified atom stereocenters. The van der Waals surface area contributed by atoms with Gasteiger partial charge in [-0.2, -0.15) is 13.2 Å². The first-order valence-electron chi connectivity index (χ1n) is 8.17. The molecule has 0 fully saturated rings. The van der Waals surface area contributed by atoms with Crippen LogP contribution in [0.25, 0.3) is 0 Å². The van der Waals surface area contributed by atoms with E-state index in [9.17, 15) is 22.4 Å². The molecule has 0 aromatic heterocycles. The Labute approximate surface area is 167 Å². The molecule has 0 aliphatic heterocycles. The molecular weight excluding hydrogens is 479 g/mol. The van der Waals surface area contributed by atoms with Crippen molar-refractivity contribution in [1.29, 1.82) is 0 Å². The van der Waals surface area contributed by atoms with Crippen LogP contribution in [0.3, 0.4) is 0 Å². The molecule has 0 bridgehead atoms. The van der Waals surface area contributed by atoms with Crippen molar-refractivity contribution in [3.8, 4) is 11.5 Å². The number of carbonyl (C=O) groups excluding carboxylic acids is 1. The lowest BCUT2D eigenvalue weighted by molar-refractivity contribution is -0.139. The summed E-state index contributed by atoms with van der Waals surface area (Å²) in [5, 5.41) is 0. The zero-order valence-corrected chi connectivity index (χ0v) is 16.8. The Balaban J connectivity index is 2.37. The first-order valence-corrected chi connectivity index (χ1v) is 9.25. The van der Waals surface area contributed by atoms with Gasteiger partial charge in [0.05, 0.1) is 5.56 Å². The van der Waals surface area contributed by atoms with Crippen molar-refractivity contribution in [2.24, 2.45) is 0 Å². The van der Waals surface area contributed by atoms with Crippen molar-refractivity contribution < 1.29 is 31.8 Å². The molecule has 0 aliphatic rings. The maximum Gasteiger partial charge on any atom is 0.419 e. The van der Waals surface area contributed by atoms with E-state index < -0.39 is 29.3 Å². The molecule has 2 aromatic rings. The third-order valence-electron chi connectivity index (χ3n) is 3.80. The van der Waals surface area contributed by atoms with Gasteiger partial charge >= 0.3 is 12.1 Å². The summed E-state index contributed by atoms with van der Waals surface area (Å²) in [4.78, 5) is 11.6. The number of hydrogen-bond donors (Lipinski definition) is 0. The van der Waals surface area contributed by atoms with Gasteiger partial charge in [0.1, 0.15) is 23.9 Å². The van der Waals surface area contributed by atoms with Crippen LogP contribution >= 0.6 is 22.6 Å². The Kier molecular flexibility index (Phi) is 7.07. The van der Waals surface area contributed by atoms with E-state index in [4.69, 9.17) is 9.47 Å². The van der Waals surface area contributed by atoms with E-state index in [1.165, 1.54) is 6.07 Å². The molecule has 0 radical (unpaired) electrons. The fourth-order valence-electron chi connectivity index (χ4n) is 2.33. The molecule has 3 nitrogen and oxygen atoms in total. The fraction of sp³-hybridized carbons (Fsp3) is 0.316. The van der Waals surface area contributed by atoms with Crippen LogP contribution in [-0.4, -0.2) is 5.97 Å². The van der Waals surface area contributed by atoms with E-state index in [1.807, 2.05) is 22.6 Å². The summed E-state index contributed by atoms with van der Waals surface area (Å²) in [7, 11) is 0. The molecule has 2 aromatic carbocycles. The number of ether oxygens (including phenoxy) is 2. The number of aryl methyl sites for hydroxylation is 1. The van der Waals surface area contributed by atoms with Gasteiger partial charge in [-0.1, -0.05) is 19.9 Å². The highest BCUT2D eigenvalue weighted by Crippen LogP contribution is 2.38. The van der Waals surface area contributed by atoms with Crippen LogP contribution in [0, 0.1) is 9.39 Å². The van der Waals surface area contributed by atoms with E-state index in [2.05, 4.69) is 0 Å². The maximum atomic E-state index is 14.0. The van der Waals surface area contributed by atoms with Gasteiger partial charge in [-0.15, -0.1) is 0 Å². The molecule has 0 heterocycles. The van der Waals surface area contributed by atoms with Crippen LogP contribution < -0.4 is 9.47 Å². The Morgan fingerprint density at radius 1 is 1.15 bits per heavy atom. The number of alkyl halides is 3. The van der Waals surface area contributed by atoms with Crippen molar-refractivity contribution in [3.63, 3.8) is 0 Å². The van der Waals surface area contributed by atoms with Gasteiger partial charge in [0, 0.05) is 21.6 Å². The molecule has 27 heavy (non-hydrogen) atoms. The minimum absolute atomic E-state index is 0.0402. The monoisotopic (exact) mass is 496 g/mol. The third kappa shape index (κ3) is 5.33. The standard InChI is InChI=1S/C19H17F4IO3/c1-3-11-8-13(19(21,22)23)17(9-14(11)20)26-10-12-15(24)6-5-7-16(12)27-18(25)4-2/h5-9H,3-4,10H2,1-2H3. The summed E-state index contributed by atoms with van der Waals surface area (Å²) in [6.45, 7) is 2.89. The Hall–Kier alpha value is -1.84. The van der Waals surface area contributed by atoms with Crippen molar-refractivity contribution >= 4 is 28.6 Å². The van der Waals surface area contributed by atoms with Crippen LogP contribution in [0.4, 0.5) is 17.6 Å². The average molecular weight is 496 g/mol. The fourth-order valence-corrected chi connectivity index (χ4v) is 2.96. The minimum atomic E-state index is -4.69. The minimum Gasteiger partial charge on any atom is -0.488 e. The van der Waals surface area contributed by atoms with Gasteiger partial charge in [0.2, 0.25) is 0 Å². The molecule has 146 valence electrons. The number of rotatable bonds is 6. The SMILES string of the molecule is CCC(=O)Oc1cccc(I)c1COc1cc(F)c(CC)cc1C(F)(F)F. The van der Waals surface area contributed by atoms with Gasteiger partial charge in [-0.05, 0) is 52.8 Å². The topological polar surface area (TPSA) is 35.5 Å². The maximum absolute atomic E-state index is 14.0. The summed E-state index contributed by atoms with van der Waals surface area (Å²) in [5.41, 5.74) is -0.673. The second kappa shape index (κ2) is 8.90. The summed E-state index contributed by atoms with van der Waals surface area (Å²) in [5.74, 6) is -1.65. The number of benzene rings is 2. The van der Waals surface area contributed by atoms with Gasteiger partial charge in [-0.3, -0.25) is 4.79 Å². The lowest BCUT2D eigenvalue weighted by atomic mass is 10.1. The lowest BCUT2D eigenvalue weighted by Gasteiger charge is -2.17. The number of hydrogen-bond acceptors (Lipinski definition) is 3. The molecule has 0 saturated heterocycles. The second-order valence-corrected chi connectivity index (χ2v) is 6.79. The second-order valence-electron chi connectivity index (χ2n) is 5.62. The van der Waals surface area contributed by atoms with Gasteiger partial charge in [0.25, 0.3) is 0 Å². The van der Waals surface area contributed by atoms with Crippen molar-refractivity contribution in [1.82, 2.24) is 0 Å². The zero-order chi connectivity index (χ0) is 20.2. The largest absolute Gasteiger partial charge is 0.488 e. The van der Waals surface area contributed by atoms with Crippen molar-refractivity contribution in [2.45, 2.75) is 39.5 Å². The number of carbonyl (C=O) groups is 1. The van der Waals surface area contributed by atoms with Crippen molar-refractivity contribution in [3.05, 3.63) is 56.4 Å². The van der Waals surface area contributed by atoms with E-state index >= 15 is 0 Å². The smallest absolute Gasteiger partial charge is 0.419 e. The molecule has 0 amide bonds. The first kappa shape index (κ1) is 21.5. The normalized spacial score (nSPS) is 11.4. The predicted molar refractivity (Wildman–Crippen MR) is 100 cm³/mol. The van der Waals surface area contributed by atoms with Gasteiger partial charge in [-0.25, -0.2) is 4.39 Å². The molecule has 0 aliphatic carbocycles. The van der Waals surface area contributed by atoms with Gasteiger partial charge < -0.3 is 9.47 Å². The van der Waals surface area contributed by atoms with E-state index in [0.717, 1.165) is 12.1 Å². The molecular formula is C19H17F4IO3. The molecule has 2 rings (SSSR count). The highest BCUT2D eigenvalue weighted by molar-refractivity contribution is 14.1. The Morgan fingerprint density at radius 3 is 2.44 bits per heavy atom. The number of halogens is 5. The predicted octanol–water partition coefficient (Wildman–Crippen LogP) is 5.91. The zero-order valence-electron chi connectivity index (χ0n) is 14.6. The summed E-state index contributed by atoms with van der Waals surface area (Å²) in [6.07, 6.45) is -4.41. The lowest BCUT2D eigenvalue weighted by Crippen LogP contribution is -2.12. The average Bonchev–Trinajstić information content (AvgIpc) is 2.60. The van der Waals surface area contributed by atoms with E-state index in [-0.39, 0.29) is 30.8 Å². The highest BCUT2D eigenvalue weighted by Gasteiger charge is 2.35. The summed E-state index contributed by atoms with van der Waals surface area (Å²) < 4.78 is 65.1. The molecule has 8 heteroatoms. The first-order chi connectivity index (χ1) is 12.7. The molecule has 0 spiro atoms. The van der Waals surface area contributed by atoms with Crippen LogP contribution in [0.1, 0.15) is 37.0 Å². The molecule has 0 saturated carbocycles. The molecule has 0 atom stereocenters. The van der Waals surface area contributed by atoms with Crippen LogP contribution in [-0.2, 0) is 24.0 Å². The van der Waals surface area contributed by atoms with E-state index in [1.54, 1.807) is 26.0 Å². The highest BCUT2D eigenvalue weighted by atomic mass is 127. The van der Waals surface area contributed by atoms with Crippen LogP contribution in [0.15, 0.2) is 30.3 Å². The Bertz CT molecular complexity index is 834. The quantitative estimate of drug-likeness (QED) is 0.216.